The van der Waals surface area contributed by atoms with Gasteiger partial charge in [0.1, 0.15) is 18.2 Å². The van der Waals surface area contributed by atoms with Gasteiger partial charge in [0.15, 0.2) is 0 Å². The van der Waals surface area contributed by atoms with Gasteiger partial charge in [-0.3, -0.25) is 4.90 Å². The quantitative estimate of drug-likeness (QED) is 0.847. The largest absolute Gasteiger partial charge is 0.492 e. The molecule has 18 heavy (non-hydrogen) atoms. The zero-order chi connectivity index (χ0) is 13.0. The van der Waals surface area contributed by atoms with Gasteiger partial charge < -0.3 is 9.64 Å². The summed E-state index contributed by atoms with van der Waals surface area (Å²) in [6, 6.07) is 4.62. The molecule has 100 valence electrons. The van der Waals surface area contributed by atoms with Crippen molar-refractivity contribution in [1.29, 1.82) is 0 Å². The van der Waals surface area contributed by atoms with E-state index in [0.717, 1.165) is 32.7 Å². The molecule has 0 spiro atoms. The number of likely N-dealkylation sites (N-methyl/N-ethyl adjacent to an activating group) is 1. The molecular formula is C13H18BrFN2O. The summed E-state index contributed by atoms with van der Waals surface area (Å²) in [5.41, 5.74) is 0. The molecule has 0 aromatic heterocycles. The van der Waals surface area contributed by atoms with Crippen LogP contribution in [0.4, 0.5) is 4.39 Å². The molecule has 1 aromatic rings. The number of hydrogen-bond acceptors (Lipinski definition) is 3. The first-order valence-corrected chi connectivity index (χ1v) is 6.92. The summed E-state index contributed by atoms with van der Waals surface area (Å²) >= 11 is 3.25. The van der Waals surface area contributed by atoms with Crippen molar-refractivity contribution in [3.63, 3.8) is 0 Å². The fraction of sp³-hybridized carbons (Fsp3) is 0.538. The third-order valence-corrected chi connectivity index (χ3v) is 3.57. The van der Waals surface area contributed by atoms with Crippen molar-refractivity contribution >= 4 is 15.9 Å². The molecule has 0 saturated carbocycles. The van der Waals surface area contributed by atoms with Crippen LogP contribution in [0.1, 0.15) is 0 Å². The first kappa shape index (κ1) is 13.8. The molecule has 1 aliphatic heterocycles. The van der Waals surface area contributed by atoms with E-state index in [4.69, 9.17) is 4.74 Å². The van der Waals surface area contributed by atoms with E-state index in [-0.39, 0.29) is 5.82 Å². The van der Waals surface area contributed by atoms with Crippen LogP contribution in [-0.4, -0.2) is 56.2 Å². The average Bonchev–Trinajstić information content (AvgIpc) is 2.30. The maximum atomic E-state index is 13.1. The first-order chi connectivity index (χ1) is 8.63. The molecular weight excluding hydrogens is 299 g/mol. The molecule has 1 aromatic carbocycles. The van der Waals surface area contributed by atoms with E-state index in [9.17, 15) is 4.39 Å². The first-order valence-electron chi connectivity index (χ1n) is 6.13. The molecule has 1 heterocycles. The van der Waals surface area contributed by atoms with Crippen LogP contribution in [-0.2, 0) is 0 Å². The van der Waals surface area contributed by atoms with Gasteiger partial charge in [0.25, 0.3) is 0 Å². The summed E-state index contributed by atoms with van der Waals surface area (Å²) in [5.74, 6) is 0.301. The number of nitrogens with zero attached hydrogens (tertiary/aromatic N) is 2. The lowest BCUT2D eigenvalue weighted by Crippen LogP contribution is -2.45. The van der Waals surface area contributed by atoms with Gasteiger partial charge >= 0.3 is 0 Å². The van der Waals surface area contributed by atoms with Gasteiger partial charge in [-0.25, -0.2) is 4.39 Å². The third kappa shape index (κ3) is 4.23. The summed E-state index contributed by atoms with van der Waals surface area (Å²) < 4.78 is 19.4. The van der Waals surface area contributed by atoms with Crippen LogP contribution in [0.15, 0.2) is 22.7 Å². The maximum absolute atomic E-state index is 13.1. The normalized spacial score (nSPS) is 17.9. The van der Waals surface area contributed by atoms with Crippen LogP contribution in [0.3, 0.4) is 0 Å². The van der Waals surface area contributed by atoms with E-state index in [1.807, 2.05) is 0 Å². The van der Waals surface area contributed by atoms with Crippen molar-refractivity contribution in [2.24, 2.45) is 0 Å². The Balaban J connectivity index is 1.74. The lowest BCUT2D eigenvalue weighted by molar-refractivity contribution is 0.133. The van der Waals surface area contributed by atoms with Crippen molar-refractivity contribution < 1.29 is 9.13 Å². The molecule has 0 bridgehead atoms. The second-order valence-electron chi connectivity index (χ2n) is 4.60. The van der Waals surface area contributed by atoms with Crippen LogP contribution >= 0.6 is 15.9 Å². The summed E-state index contributed by atoms with van der Waals surface area (Å²) in [7, 11) is 2.14. The van der Waals surface area contributed by atoms with Crippen LogP contribution in [0.2, 0.25) is 0 Å². The van der Waals surface area contributed by atoms with E-state index < -0.39 is 0 Å². The molecule has 0 aliphatic carbocycles. The van der Waals surface area contributed by atoms with Crippen molar-refractivity contribution in [2.75, 3.05) is 46.4 Å². The predicted molar refractivity (Wildman–Crippen MR) is 73.5 cm³/mol. The van der Waals surface area contributed by atoms with Gasteiger partial charge in [-0.2, -0.15) is 0 Å². The van der Waals surface area contributed by atoms with E-state index >= 15 is 0 Å². The van der Waals surface area contributed by atoms with Gasteiger partial charge in [-0.15, -0.1) is 0 Å². The molecule has 5 heteroatoms. The number of piperazine rings is 1. The highest BCUT2D eigenvalue weighted by Crippen LogP contribution is 2.20. The second-order valence-corrected chi connectivity index (χ2v) is 5.51. The minimum Gasteiger partial charge on any atom is -0.492 e. The lowest BCUT2D eigenvalue weighted by atomic mass is 10.3. The molecule has 0 N–H and O–H groups in total. The Bertz CT molecular complexity index is 374. The van der Waals surface area contributed by atoms with E-state index in [2.05, 4.69) is 32.8 Å². The Hall–Kier alpha value is -0.650. The van der Waals surface area contributed by atoms with Gasteiger partial charge in [0, 0.05) is 43.3 Å². The van der Waals surface area contributed by atoms with Crippen molar-refractivity contribution in [1.82, 2.24) is 9.80 Å². The smallest absolute Gasteiger partial charge is 0.128 e. The lowest BCUT2D eigenvalue weighted by Gasteiger charge is -2.32. The Kier molecular flexibility index (Phi) is 4.97. The SMILES string of the molecule is CN1CCN(CCOc2cc(F)cc(Br)c2)CC1. The topological polar surface area (TPSA) is 15.7 Å². The summed E-state index contributed by atoms with van der Waals surface area (Å²) in [4.78, 5) is 4.69. The highest BCUT2D eigenvalue weighted by atomic mass is 79.9. The zero-order valence-corrected chi connectivity index (χ0v) is 12.1. The number of benzene rings is 1. The minimum absolute atomic E-state index is 0.279. The molecule has 1 fully saturated rings. The Morgan fingerprint density at radius 3 is 2.61 bits per heavy atom. The van der Waals surface area contributed by atoms with Crippen LogP contribution in [0.5, 0.6) is 5.75 Å². The van der Waals surface area contributed by atoms with Gasteiger partial charge in [0.05, 0.1) is 0 Å². The second kappa shape index (κ2) is 6.50. The number of hydrogen-bond donors (Lipinski definition) is 0. The fourth-order valence-electron chi connectivity index (χ4n) is 1.98. The van der Waals surface area contributed by atoms with Gasteiger partial charge in [0.2, 0.25) is 0 Å². The van der Waals surface area contributed by atoms with Crippen molar-refractivity contribution in [3.05, 3.63) is 28.5 Å². The monoisotopic (exact) mass is 316 g/mol. The van der Waals surface area contributed by atoms with E-state index in [1.54, 1.807) is 6.07 Å². The average molecular weight is 317 g/mol. The number of halogens is 2. The molecule has 2 rings (SSSR count). The highest BCUT2D eigenvalue weighted by Gasteiger charge is 2.13. The number of rotatable bonds is 4. The molecule has 1 saturated heterocycles. The highest BCUT2D eigenvalue weighted by molar-refractivity contribution is 9.10. The van der Waals surface area contributed by atoms with E-state index in [0.29, 0.717) is 16.8 Å². The summed E-state index contributed by atoms with van der Waals surface area (Å²) in [6.45, 7) is 5.85. The zero-order valence-electron chi connectivity index (χ0n) is 10.5. The number of ether oxygens (including phenoxy) is 1. The predicted octanol–water partition coefficient (Wildman–Crippen LogP) is 2.21. The maximum Gasteiger partial charge on any atom is 0.128 e. The molecule has 0 unspecified atom stereocenters. The van der Waals surface area contributed by atoms with Gasteiger partial charge in [-0.05, 0) is 19.2 Å². The minimum atomic E-state index is -0.279. The van der Waals surface area contributed by atoms with Crippen molar-refractivity contribution in [2.45, 2.75) is 0 Å². The molecule has 3 nitrogen and oxygen atoms in total. The molecule has 1 aliphatic rings. The summed E-state index contributed by atoms with van der Waals surface area (Å²) in [6.07, 6.45) is 0. The molecule has 0 amide bonds. The standard InChI is InChI=1S/C13H18BrFN2O/c1-16-2-4-17(5-3-16)6-7-18-13-9-11(14)8-12(15)10-13/h8-10H,2-7H2,1H3. The fourth-order valence-corrected chi connectivity index (χ4v) is 2.42. The molecule has 0 radical (unpaired) electrons. The Labute approximate surface area is 116 Å². The van der Waals surface area contributed by atoms with Crippen LogP contribution < -0.4 is 4.74 Å². The third-order valence-electron chi connectivity index (χ3n) is 3.11. The Morgan fingerprint density at radius 2 is 1.94 bits per heavy atom. The summed E-state index contributed by atoms with van der Waals surface area (Å²) in [5, 5.41) is 0. The molecule has 0 atom stereocenters. The van der Waals surface area contributed by atoms with Crippen LogP contribution in [0, 0.1) is 5.82 Å². The van der Waals surface area contributed by atoms with E-state index in [1.165, 1.54) is 12.1 Å². The van der Waals surface area contributed by atoms with Crippen molar-refractivity contribution in [3.8, 4) is 5.75 Å². The van der Waals surface area contributed by atoms with Crippen LogP contribution in [0.25, 0.3) is 0 Å². The van der Waals surface area contributed by atoms with Gasteiger partial charge in [-0.1, -0.05) is 15.9 Å². The Morgan fingerprint density at radius 1 is 1.22 bits per heavy atom.